The van der Waals surface area contributed by atoms with Crippen molar-refractivity contribution in [1.29, 1.82) is 0 Å². The Bertz CT molecular complexity index is 498. The number of hydrogen-bond donors (Lipinski definition) is 0. The van der Waals surface area contributed by atoms with E-state index in [1.807, 2.05) is 0 Å². The molecule has 1 aromatic carbocycles. The van der Waals surface area contributed by atoms with Crippen molar-refractivity contribution in [2.45, 2.75) is 18.9 Å². The third-order valence-corrected chi connectivity index (χ3v) is 3.81. The van der Waals surface area contributed by atoms with E-state index in [0.717, 1.165) is 18.2 Å². The lowest BCUT2D eigenvalue weighted by molar-refractivity contribution is -0.384. The van der Waals surface area contributed by atoms with Gasteiger partial charge in [0.2, 0.25) is 0 Å². The van der Waals surface area contributed by atoms with E-state index in [1.54, 1.807) is 4.90 Å². The van der Waals surface area contributed by atoms with Gasteiger partial charge < -0.3 is 9.64 Å². The van der Waals surface area contributed by atoms with Gasteiger partial charge in [-0.1, -0.05) is 15.9 Å². The van der Waals surface area contributed by atoms with Crippen molar-refractivity contribution in [3.8, 4) is 0 Å². The molecule has 1 aromatic rings. The Kier molecular flexibility index (Phi) is 5.69. The van der Waals surface area contributed by atoms with Crippen LogP contribution in [0, 0.1) is 10.1 Å². The van der Waals surface area contributed by atoms with E-state index < -0.39 is 4.92 Å². The predicted molar refractivity (Wildman–Crippen MR) is 81.8 cm³/mol. The molecule has 0 saturated carbocycles. The molecule has 2 rings (SSSR count). The topological polar surface area (TPSA) is 72.7 Å². The molecular formula is C14H17BrN2O4. The van der Waals surface area contributed by atoms with Gasteiger partial charge in [-0.2, -0.15) is 0 Å². The third-order valence-electron chi connectivity index (χ3n) is 3.48. The number of nitrogens with zero attached hydrogens (tertiary/aromatic N) is 2. The fourth-order valence-electron chi connectivity index (χ4n) is 2.35. The van der Waals surface area contributed by atoms with Gasteiger partial charge in [-0.3, -0.25) is 14.9 Å². The van der Waals surface area contributed by atoms with Crippen LogP contribution in [0.25, 0.3) is 0 Å². The van der Waals surface area contributed by atoms with Gasteiger partial charge in [0.05, 0.1) is 17.6 Å². The molecule has 1 fully saturated rings. The van der Waals surface area contributed by atoms with Gasteiger partial charge >= 0.3 is 0 Å². The molecule has 6 nitrogen and oxygen atoms in total. The number of non-ortho nitro benzene ring substituents is 1. The van der Waals surface area contributed by atoms with Crippen molar-refractivity contribution in [2.24, 2.45) is 0 Å². The minimum Gasteiger partial charge on any atom is -0.377 e. The molecule has 114 valence electrons. The number of nitro benzene ring substituents is 1. The number of benzene rings is 1. The molecule has 0 N–H and O–H groups in total. The Morgan fingerprint density at radius 3 is 2.48 bits per heavy atom. The van der Waals surface area contributed by atoms with Crippen molar-refractivity contribution in [3.05, 3.63) is 39.9 Å². The molecule has 0 radical (unpaired) electrons. The highest BCUT2D eigenvalue weighted by Crippen LogP contribution is 2.18. The van der Waals surface area contributed by atoms with Crippen molar-refractivity contribution in [2.75, 3.05) is 25.0 Å². The number of hydrogen-bond acceptors (Lipinski definition) is 4. The first-order chi connectivity index (χ1) is 10.1. The van der Waals surface area contributed by atoms with Gasteiger partial charge in [0, 0.05) is 36.1 Å². The van der Waals surface area contributed by atoms with Crippen LogP contribution in [0.5, 0.6) is 0 Å². The number of carbonyl (C=O) groups excluding carboxylic acids is 1. The second kappa shape index (κ2) is 7.51. The van der Waals surface area contributed by atoms with Crippen LogP contribution in [-0.4, -0.2) is 46.9 Å². The van der Waals surface area contributed by atoms with Gasteiger partial charge in [-0.05, 0) is 25.0 Å². The molecule has 1 heterocycles. The van der Waals surface area contributed by atoms with Crippen LogP contribution in [0.1, 0.15) is 23.2 Å². The summed E-state index contributed by atoms with van der Waals surface area (Å²) in [6.45, 7) is 1.99. The van der Waals surface area contributed by atoms with E-state index in [2.05, 4.69) is 15.9 Å². The van der Waals surface area contributed by atoms with Crippen LogP contribution < -0.4 is 0 Å². The molecule has 1 aliphatic rings. The van der Waals surface area contributed by atoms with Gasteiger partial charge in [0.25, 0.3) is 11.6 Å². The average molecular weight is 357 g/mol. The van der Waals surface area contributed by atoms with Crippen LogP contribution in [-0.2, 0) is 4.74 Å². The van der Waals surface area contributed by atoms with Crippen molar-refractivity contribution < 1.29 is 14.5 Å². The highest BCUT2D eigenvalue weighted by Gasteiger charge is 2.24. The van der Waals surface area contributed by atoms with Gasteiger partial charge in [-0.15, -0.1) is 0 Å². The van der Waals surface area contributed by atoms with E-state index in [0.29, 0.717) is 25.3 Å². The number of piperidine rings is 1. The fraction of sp³-hybridized carbons (Fsp3) is 0.500. The first kappa shape index (κ1) is 15.9. The predicted octanol–water partition coefficient (Wildman–Crippen LogP) is 2.61. The van der Waals surface area contributed by atoms with Gasteiger partial charge in [0.15, 0.2) is 0 Å². The molecule has 1 amide bonds. The van der Waals surface area contributed by atoms with Crippen molar-refractivity contribution >= 4 is 27.5 Å². The average Bonchev–Trinajstić information content (AvgIpc) is 2.53. The van der Waals surface area contributed by atoms with Crippen LogP contribution in [0.4, 0.5) is 5.69 Å². The highest BCUT2D eigenvalue weighted by atomic mass is 79.9. The summed E-state index contributed by atoms with van der Waals surface area (Å²) in [5.41, 5.74) is 0.480. The normalized spacial score (nSPS) is 16.0. The second-order valence-corrected chi connectivity index (χ2v) is 5.65. The molecule has 21 heavy (non-hydrogen) atoms. The molecule has 0 unspecified atom stereocenters. The third kappa shape index (κ3) is 4.25. The number of ether oxygens (including phenoxy) is 1. The molecule has 0 atom stereocenters. The molecule has 7 heteroatoms. The number of amides is 1. The molecule has 1 aliphatic heterocycles. The molecule has 1 saturated heterocycles. The molecule has 0 aromatic heterocycles. The number of nitro groups is 1. The summed E-state index contributed by atoms with van der Waals surface area (Å²) in [5, 5.41) is 11.4. The molecule has 0 aliphatic carbocycles. The lowest BCUT2D eigenvalue weighted by atomic mass is 10.1. The number of alkyl halides is 1. The summed E-state index contributed by atoms with van der Waals surface area (Å²) in [6, 6.07) is 5.74. The minimum absolute atomic E-state index is 0.00608. The van der Waals surface area contributed by atoms with Gasteiger partial charge in [0.1, 0.15) is 0 Å². The van der Waals surface area contributed by atoms with Crippen molar-refractivity contribution in [3.63, 3.8) is 0 Å². The van der Waals surface area contributed by atoms with Crippen LogP contribution in [0.15, 0.2) is 24.3 Å². The van der Waals surface area contributed by atoms with Crippen molar-refractivity contribution in [1.82, 2.24) is 4.90 Å². The standard InChI is InChI=1S/C14H17BrN2O4/c15-7-10-21-13-5-8-16(9-6-13)14(18)11-1-3-12(4-2-11)17(19)20/h1-4,13H,5-10H2. The van der Waals surface area contributed by atoms with Crippen LogP contribution in [0.2, 0.25) is 0 Å². The van der Waals surface area contributed by atoms with E-state index in [9.17, 15) is 14.9 Å². The smallest absolute Gasteiger partial charge is 0.269 e. The molecule has 0 bridgehead atoms. The lowest BCUT2D eigenvalue weighted by Crippen LogP contribution is -2.41. The minimum atomic E-state index is -0.471. The molecular weight excluding hydrogens is 340 g/mol. The van der Waals surface area contributed by atoms with Crippen LogP contribution in [0.3, 0.4) is 0 Å². The van der Waals surface area contributed by atoms with Gasteiger partial charge in [-0.25, -0.2) is 0 Å². The SMILES string of the molecule is O=C(c1ccc([N+](=O)[O-])cc1)N1CCC(OCCBr)CC1. The Labute approximate surface area is 131 Å². The van der Waals surface area contributed by atoms with E-state index in [1.165, 1.54) is 24.3 Å². The first-order valence-electron chi connectivity index (χ1n) is 6.83. The maximum absolute atomic E-state index is 12.3. The monoisotopic (exact) mass is 356 g/mol. The largest absolute Gasteiger partial charge is 0.377 e. The number of carbonyl (C=O) groups is 1. The Morgan fingerprint density at radius 2 is 1.95 bits per heavy atom. The second-order valence-electron chi connectivity index (χ2n) is 4.86. The zero-order valence-corrected chi connectivity index (χ0v) is 13.1. The number of likely N-dealkylation sites (tertiary alicyclic amines) is 1. The van der Waals surface area contributed by atoms with E-state index >= 15 is 0 Å². The quantitative estimate of drug-likeness (QED) is 0.461. The number of rotatable bonds is 5. The summed E-state index contributed by atoms with van der Waals surface area (Å²) in [5.74, 6) is -0.0798. The summed E-state index contributed by atoms with van der Waals surface area (Å²) in [4.78, 5) is 24.2. The van der Waals surface area contributed by atoms with E-state index in [4.69, 9.17) is 4.74 Å². The summed E-state index contributed by atoms with van der Waals surface area (Å²) < 4.78 is 5.65. The summed E-state index contributed by atoms with van der Waals surface area (Å²) >= 11 is 3.32. The maximum Gasteiger partial charge on any atom is 0.269 e. The Hall–Kier alpha value is -1.47. The number of halogens is 1. The lowest BCUT2D eigenvalue weighted by Gasteiger charge is -2.31. The zero-order valence-electron chi connectivity index (χ0n) is 11.5. The fourth-order valence-corrected chi connectivity index (χ4v) is 2.53. The molecule has 0 spiro atoms. The van der Waals surface area contributed by atoms with Crippen LogP contribution >= 0.6 is 15.9 Å². The zero-order chi connectivity index (χ0) is 15.2. The summed E-state index contributed by atoms with van der Waals surface area (Å²) in [6.07, 6.45) is 1.86. The van der Waals surface area contributed by atoms with E-state index in [-0.39, 0.29) is 17.7 Å². The summed E-state index contributed by atoms with van der Waals surface area (Å²) in [7, 11) is 0. The highest BCUT2D eigenvalue weighted by molar-refractivity contribution is 9.09. The first-order valence-corrected chi connectivity index (χ1v) is 7.95. The maximum atomic E-state index is 12.3. The Balaban J connectivity index is 1.91. The Morgan fingerprint density at radius 1 is 1.33 bits per heavy atom.